The molecular formula is C20H23F6N7O4. The summed E-state index contributed by atoms with van der Waals surface area (Å²) in [6.07, 6.45) is -8.85. The first-order chi connectivity index (χ1) is 17.3. The van der Waals surface area contributed by atoms with Crippen LogP contribution in [-0.2, 0) is 21.9 Å². The van der Waals surface area contributed by atoms with Gasteiger partial charge in [0.1, 0.15) is 5.56 Å². The lowest BCUT2D eigenvalue weighted by Crippen LogP contribution is -2.52. The highest BCUT2D eigenvalue weighted by Gasteiger charge is 2.37. The Morgan fingerprint density at radius 3 is 2.27 bits per heavy atom. The van der Waals surface area contributed by atoms with Crippen LogP contribution < -0.4 is 15.8 Å². The van der Waals surface area contributed by atoms with Crippen LogP contribution in [0.1, 0.15) is 18.1 Å². The van der Waals surface area contributed by atoms with Gasteiger partial charge >= 0.3 is 12.4 Å². The fraction of sp³-hybridized carbons (Fsp3) is 0.550. The van der Waals surface area contributed by atoms with Crippen LogP contribution in [0.4, 0.5) is 38.0 Å². The lowest BCUT2D eigenvalue weighted by Gasteiger charge is -2.35. The SMILES string of the molecule is CC(COCC(O)C(=O)N1CCN(c2ncc(C(F)(F)F)cn2)CC1)Nc1cn[nH]c(=O)c1C(F)(F)F. The summed E-state index contributed by atoms with van der Waals surface area (Å²) in [5.74, 6) is -0.568. The second kappa shape index (κ2) is 11.3. The van der Waals surface area contributed by atoms with Crippen LogP contribution >= 0.6 is 0 Å². The third-order valence-electron chi connectivity index (χ3n) is 5.31. The molecule has 0 radical (unpaired) electrons. The number of aromatic amines is 1. The van der Waals surface area contributed by atoms with Gasteiger partial charge in [0.2, 0.25) is 5.95 Å². The summed E-state index contributed by atoms with van der Waals surface area (Å²) in [5, 5.41) is 17.7. The maximum absolute atomic E-state index is 13.1. The molecule has 17 heteroatoms. The number of alkyl halides is 6. The molecule has 1 aliphatic heterocycles. The van der Waals surface area contributed by atoms with Gasteiger partial charge in [-0.25, -0.2) is 15.1 Å². The van der Waals surface area contributed by atoms with Crippen molar-refractivity contribution in [1.82, 2.24) is 25.1 Å². The van der Waals surface area contributed by atoms with E-state index in [0.29, 0.717) is 12.4 Å². The van der Waals surface area contributed by atoms with Gasteiger partial charge in [0, 0.05) is 44.6 Å². The molecule has 2 aromatic rings. The number of aliphatic hydroxyl groups is 1. The van der Waals surface area contributed by atoms with Crippen molar-refractivity contribution in [3.05, 3.63) is 40.1 Å². The van der Waals surface area contributed by atoms with Gasteiger partial charge in [0.05, 0.1) is 30.7 Å². The number of halogens is 6. The van der Waals surface area contributed by atoms with E-state index in [1.165, 1.54) is 11.8 Å². The monoisotopic (exact) mass is 539 g/mol. The van der Waals surface area contributed by atoms with Crippen molar-refractivity contribution in [3.63, 3.8) is 0 Å². The number of anilines is 2. The third-order valence-corrected chi connectivity index (χ3v) is 5.31. The molecule has 37 heavy (non-hydrogen) atoms. The number of aliphatic hydroxyl groups excluding tert-OH is 1. The molecule has 3 heterocycles. The van der Waals surface area contributed by atoms with Crippen LogP contribution in [0.5, 0.6) is 0 Å². The normalized spacial score (nSPS) is 16.4. The van der Waals surface area contributed by atoms with Gasteiger partial charge in [-0.2, -0.15) is 31.4 Å². The molecule has 1 fully saturated rings. The number of nitrogens with one attached hydrogen (secondary N) is 2. The van der Waals surface area contributed by atoms with Gasteiger partial charge < -0.3 is 25.0 Å². The number of carbonyl (C=O) groups is 1. The molecule has 0 spiro atoms. The molecule has 3 N–H and O–H groups in total. The molecule has 1 saturated heterocycles. The van der Waals surface area contributed by atoms with E-state index >= 15 is 0 Å². The van der Waals surface area contributed by atoms with Crippen molar-refractivity contribution in [2.24, 2.45) is 0 Å². The predicted octanol–water partition coefficient (Wildman–Crippen LogP) is 1.12. The number of amides is 1. The van der Waals surface area contributed by atoms with Gasteiger partial charge in [0.15, 0.2) is 6.10 Å². The Morgan fingerprint density at radius 2 is 1.70 bits per heavy atom. The van der Waals surface area contributed by atoms with Gasteiger partial charge in [-0.05, 0) is 6.92 Å². The minimum atomic E-state index is -4.91. The molecule has 1 amide bonds. The molecule has 11 nitrogen and oxygen atoms in total. The average molecular weight is 539 g/mol. The van der Waals surface area contributed by atoms with E-state index in [1.54, 1.807) is 10.00 Å². The Bertz CT molecular complexity index is 1120. The van der Waals surface area contributed by atoms with E-state index in [2.05, 4.69) is 20.4 Å². The van der Waals surface area contributed by atoms with E-state index in [0.717, 1.165) is 6.20 Å². The molecular weight excluding hydrogens is 516 g/mol. The average Bonchev–Trinajstić information content (AvgIpc) is 2.82. The van der Waals surface area contributed by atoms with Crippen LogP contribution in [0.15, 0.2) is 23.4 Å². The Kier molecular flexibility index (Phi) is 8.57. The van der Waals surface area contributed by atoms with Crippen molar-refractivity contribution in [2.75, 3.05) is 49.6 Å². The van der Waals surface area contributed by atoms with Crippen molar-refractivity contribution >= 4 is 17.5 Å². The smallest absolute Gasteiger partial charge is 0.381 e. The Hall–Kier alpha value is -3.47. The summed E-state index contributed by atoms with van der Waals surface area (Å²) in [6.45, 7) is 1.56. The zero-order valence-electron chi connectivity index (χ0n) is 19.3. The van der Waals surface area contributed by atoms with E-state index in [4.69, 9.17) is 4.74 Å². The fourth-order valence-corrected chi connectivity index (χ4v) is 3.49. The Balaban J connectivity index is 1.44. The summed E-state index contributed by atoms with van der Waals surface area (Å²) in [7, 11) is 0. The maximum Gasteiger partial charge on any atom is 0.423 e. The van der Waals surface area contributed by atoms with E-state index in [-0.39, 0.29) is 38.7 Å². The highest BCUT2D eigenvalue weighted by molar-refractivity contribution is 5.81. The van der Waals surface area contributed by atoms with Gasteiger partial charge in [-0.3, -0.25) is 9.59 Å². The number of nitrogens with zero attached hydrogens (tertiary/aromatic N) is 5. The Morgan fingerprint density at radius 1 is 1.08 bits per heavy atom. The van der Waals surface area contributed by atoms with Crippen LogP contribution in [0.3, 0.4) is 0 Å². The fourth-order valence-electron chi connectivity index (χ4n) is 3.49. The largest absolute Gasteiger partial charge is 0.423 e. The van der Waals surface area contributed by atoms with Crippen molar-refractivity contribution in [2.45, 2.75) is 31.4 Å². The molecule has 0 saturated carbocycles. The molecule has 1 aliphatic rings. The third kappa shape index (κ3) is 7.28. The second-order valence-electron chi connectivity index (χ2n) is 8.17. The van der Waals surface area contributed by atoms with Crippen LogP contribution in [0.25, 0.3) is 0 Å². The molecule has 2 atom stereocenters. The first kappa shape index (κ1) is 28.1. The summed E-state index contributed by atoms with van der Waals surface area (Å²) < 4.78 is 82.6. The number of H-pyrrole nitrogens is 1. The molecule has 2 aromatic heterocycles. The molecule has 0 aromatic carbocycles. The number of rotatable bonds is 8. The minimum Gasteiger partial charge on any atom is -0.381 e. The number of piperazine rings is 1. The van der Waals surface area contributed by atoms with Gasteiger partial charge in [-0.1, -0.05) is 0 Å². The first-order valence-corrected chi connectivity index (χ1v) is 10.9. The predicted molar refractivity (Wildman–Crippen MR) is 116 cm³/mol. The lowest BCUT2D eigenvalue weighted by atomic mass is 10.2. The maximum atomic E-state index is 13.1. The topological polar surface area (TPSA) is 137 Å². The molecule has 2 unspecified atom stereocenters. The standard InChI is InChI=1S/C20H23F6N7O4/c1-11(30-13-8-29-31-16(35)15(13)20(24,25)26)9-37-10-14(34)17(36)32-2-4-33(5-3-32)18-27-6-12(7-28-18)19(21,22)23/h6-8,11,14,34H,2-5,9-10H2,1H3,(H2,30,31,35). The molecule has 0 aliphatic carbocycles. The summed E-state index contributed by atoms with van der Waals surface area (Å²) in [4.78, 5) is 34.4. The molecule has 0 bridgehead atoms. The summed E-state index contributed by atoms with van der Waals surface area (Å²) in [5.41, 5.74) is -4.37. The highest BCUT2D eigenvalue weighted by Crippen LogP contribution is 2.31. The number of aromatic nitrogens is 4. The first-order valence-electron chi connectivity index (χ1n) is 10.9. The number of hydrogen-bond acceptors (Lipinski definition) is 9. The number of carbonyl (C=O) groups excluding carboxylic acids is 1. The molecule has 204 valence electrons. The van der Waals surface area contributed by atoms with Gasteiger partial charge in [0.25, 0.3) is 11.5 Å². The second-order valence-corrected chi connectivity index (χ2v) is 8.17. The van der Waals surface area contributed by atoms with Crippen LogP contribution in [0, 0.1) is 0 Å². The summed E-state index contributed by atoms with van der Waals surface area (Å²) >= 11 is 0. The van der Waals surface area contributed by atoms with E-state index in [1.807, 2.05) is 0 Å². The van der Waals surface area contributed by atoms with Gasteiger partial charge in [-0.15, -0.1) is 0 Å². The Labute approximate surface area is 205 Å². The number of ether oxygens (including phenoxy) is 1. The van der Waals surface area contributed by atoms with Crippen LogP contribution in [0.2, 0.25) is 0 Å². The van der Waals surface area contributed by atoms with Crippen molar-refractivity contribution < 1.29 is 41.0 Å². The van der Waals surface area contributed by atoms with Crippen molar-refractivity contribution in [1.29, 1.82) is 0 Å². The van der Waals surface area contributed by atoms with Crippen LogP contribution in [-0.4, -0.2) is 87.6 Å². The highest BCUT2D eigenvalue weighted by atomic mass is 19.4. The van der Waals surface area contributed by atoms with E-state index in [9.17, 15) is 41.0 Å². The minimum absolute atomic E-state index is 0.0785. The molecule has 3 rings (SSSR count). The quantitative estimate of drug-likeness (QED) is 0.422. The zero-order chi connectivity index (χ0) is 27.4. The van der Waals surface area contributed by atoms with Crippen molar-refractivity contribution in [3.8, 4) is 0 Å². The number of hydrogen-bond donors (Lipinski definition) is 3. The lowest BCUT2D eigenvalue weighted by molar-refractivity contribution is -0.144. The van der Waals surface area contributed by atoms with E-state index < -0.39 is 59.4 Å². The zero-order valence-corrected chi connectivity index (χ0v) is 19.3. The summed E-state index contributed by atoms with van der Waals surface area (Å²) in [6, 6.07) is -0.737.